The number of nitro benzene ring substituents is 1. The molecule has 0 bridgehead atoms. The Morgan fingerprint density at radius 1 is 1.24 bits per heavy atom. The number of nitro groups is 1. The standard InChI is InChI=1S/C23H18N8O6/c1-35-13-6-8-15(18(10-13)31(33)34)19-9-7-14(36-19)11-25-27-20(32)12-30-17-5-3-2-4-16(17)26-23(30)21-22(24)29-37-28-21/h2-11H,12H2,1H3,(H2,24,29)(H,27,32)/b25-11+. The number of fused-ring (bicyclic) bond motifs is 1. The maximum Gasteiger partial charge on any atom is 0.284 e. The van der Waals surface area contributed by atoms with Crippen molar-refractivity contribution in [3.8, 4) is 28.6 Å². The molecule has 0 spiro atoms. The summed E-state index contributed by atoms with van der Waals surface area (Å²) in [4.78, 5) is 28.1. The number of nitrogens with zero attached hydrogens (tertiary/aromatic N) is 6. The van der Waals surface area contributed by atoms with E-state index in [1.54, 1.807) is 34.9 Å². The number of anilines is 1. The van der Waals surface area contributed by atoms with Gasteiger partial charge < -0.3 is 19.5 Å². The van der Waals surface area contributed by atoms with Crippen LogP contribution in [0.5, 0.6) is 5.75 Å². The molecule has 0 atom stereocenters. The molecule has 3 N–H and O–H groups in total. The SMILES string of the molecule is COc1ccc(-c2ccc(/C=N/NC(=O)Cn3c(-c4nonc4N)nc4ccccc43)o2)c([N+](=O)[O-])c1. The van der Waals surface area contributed by atoms with Gasteiger partial charge in [0.15, 0.2) is 17.3 Å². The minimum absolute atomic E-state index is 0.0423. The molecular weight excluding hydrogens is 484 g/mol. The third-order valence-corrected chi connectivity index (χ3v) is 5.36. The summed E-state index contributed by atoms with van der Waals surface area (Å²) in [6.45, 7) is -0.152. The highest BCUT2D eigenvalue weighted by Crippen LogP contribution is 2.34. The molecule has 5 rings (SSSR count). The third-order valence-electron chi connectivity index (χ3n) is 5.36. The Morgan fingerprint density at radius 2 is 2.08 bits per heavy atom. The summed E-state index contributed by atoms with van der Waals surface area (Å²) in [6.07, 6.45) is 1.28. The van der Waals surface area contributed by atoms with E-state index in [1.165, 1.54) is 25.5 Å². The lowest BCUT2D eigenvalue weighted by atomic mass is 10.1. The smallest absolute Gasteiger partial charge is 0.284 e. The lowest BCUT2D eigenvalue weighted by Crippen LogP contribution is -2.23. The van der Waals surface area contributed by atoms with Crippen molar-refractivity contribution in [2.75, 3.05) is 12.8 Å². The van der Waals surface area contributed by atoms with Gasteiger partial charge in [-0.25, -0.2) is 15.0 Å². The second kappa shape index (κ2) is 9.61. The van der Waals surface area contributed by atoms with Crippen molar-refractivity contribution in [1.29, 1.82) is 0 Å². The summed E-state index contributed by atoms with van der Waals surface area (Å²) in [6, 6.07) is 14.8. The molecule has 0 aliphatic carbocycles. The number of para-hydroxylation sites is 2. The van der Waals surface area contributed by atoms with E-state index in [1.807, 2.05) is 12.1 Å². The number of nitrogens with one attached hydrogen (secondary N) is 1. The van der Waals surface area contributed by atoms with Crippen LogP contribution in [0, 0.1) is 10.1 Å². The number of amides is 1. The first-order chi connectivity index (χ1) is 17.9. The number of benzene rings is 2. The molecule has 5 aromatic rings. The van der Waals surface area contributed by atoms with Gasteiger partial charge in [-0.1, -0.05) is 12.1 Å². The number of nitrogens with two attached hydrogens (primary N) is 1. The summed E-state index contributed by atoms with van der Waals surface area (Å²) < 4.78 is 17.0. The van der Waals surface area contributed by atoms with Crippen LogP contribution >= 0.6 is 0 Å². The van der Waals surface area contributed by atoms with Crippen LogP contribution < -0.4 is 15.9 Å². The van der Waals surface area contributed by atoms with Crippen molar-refractivity contribution >= 4 is 34.7 Å². The number of carbonyl (C=O) groups excluding carboxylic acids is 1. The summed E-state index contributed by atoms with van der Waals surface area (Å²) >= 11 is 0. The number of hydrogen-bond acceptors (Lipinski definition) is 11. The number of hydrogen-bond donors (Lipinski definition) is 2. The molecule has 3 heterocycles. The molecule has 0 aliphatic heterocycles. The number of furan rings is 1. The monoisotopic (exact) mass is 502 g/mol. The van der Waals surface area contributed by atoms with Gasteiger partial charge in [0, 0.05) is 0 Å². The van der Waals surface area contributed by atoms with E-state index < -0.39 is 10.8 Å². The molecule has 0 radical (unpaired) electrons. The lowest BCUT2D eigenvalue weighted by molar-refractivity contribution is -0.384. The fourth-order valence-electron chi connectivity index (χ4n) is 3.68. The molecule has 0 saturated carbocycles. The highest BCUT2D eigenvalue weighted by atomic mass is 16.6. The van der Waals surface area contributed by atoms with Crippen molar-refractivity contribution in [2.45, 2.75) is 6.54 Å². The molecule has 0 aliphatic rings. The minimum atomic E-state index is -0.523. The number of nitrogen functional groups attached to an aromatic ring is 1. The number of carbonyl (C=O) groups is 1. The average Bonchev–Trinajstić information content (AvgIpc) is 3.62. The van der Waals surface area contributed by atoms with E-state index in [-0.39, 0.29) is 40.8 Å². The van der Waals surface area contributed by atoms with Crippen LogP contribution in [0.2, 0.25) is 0 Å². The maximum atomic E-state index is 12.7. The molecule has 14 heteroatoms. The number of ether oxygens (including phenoxy) is 1. The average molecular weight is 502 g/mol. The largest absolute Gasteiger partial charge is 0.497 e. The van der Waals surface area contributed by atoms with Gasteiger partial charge in [-0.2, -0.15) is 5.10 Å². The van der Waals surface area contributed by atoms with Gasteiger partial charge in [0.05, 0.1) is 40.9 Å². The van der Waals surface area contributed by atoms with Gasteiger partial charge in [0.25, 0.3) is 11.6 Å². The Balaban J connectivity index is 1.32. The van der Waals surface area contributed by atoms with Crippen LogP contribution in [0.1, 0.15) is 5.76 Å². The highest BCUT2D eigenvalue weighted by Gasteiger charge is 2.21. The van der Waals surface area contributed by atoms with Gasteiger partial charge in [0.1, 0.15) is 23.8 Å². The second-order valence-corrected chi connectivity index (χ2v) is 7.64. The Hall–Kier alpha value is -5.53. The molecule has 1 amide bonds. The second-order valence-electron chi connectivity index (χ2n) is 7.64. The first kappa shape index (κ1) is 23.2. The van der Waals surface area contributed by atoms with E-state index in [0.717, 1.165) is 0 Å². The van der Waals surface area contributed by atoms with Gasteiger partial charge in [0.2, 0.25) is 0 Å². The summed E-state index contributed by atoms with van der Waals surface area (Å²) in [5.41, 5.74) is 9.87. The highest BCUT2D eigenvalue weighted by molar-refractivity contribution is 5.86. The van der Waals surface area contributed by atoms with E-state index in [4.69, 9.17) is 14.9 Å². The molecule has 0 fully saturated rings. The predicted octanol–water partition coefficient (Wildman–Crippen LogP) is 3.00. The number of imidazole rings is 1. The van der Waals surface area contributed by atoms with Crippen LogP contribution in [0.4, 0.5) is 11.5 Å². The molecule has 3 aromatic heterocycles. The predicted molar refractivity (Wildman–Crippen MR) is 131 cm³/mol. The first-order valence-corrected chi connectivity index (χ1v) is 10.7. The summed E-state index contributed by atoms with van der Waals surface area (Å²) in [5.74, 6) is 0.777. The maximum absolute atomic E-state index is 12.7. The van der Waals surface area contributed by atoms with E-state index in [2.05, 4.69) is 30.5 Å². The lowest BCUT2D eigenvalue weighted by Gasteiger charge is -2.06. The van der Waals surface area contributed by atoms with Crippen LogP contribution in [0.25, 0.3) is 33.9 Å². The van der Waals surface area contributed by atoms with Crippen LogP contribution in [0.3, 0.4) is 0 Å². The van der Waals surface area contributed by atoms with Crippen LogP contribution in [0.15, 0.2) is 68.7 Å². The van der Waals surface area contributed by atoms with Crippen molar-refractivity contribution < 1.29 is 23.5 Å². The zero-order valence-corrected chi connectivity index (χ0v) is 19.2. The van der Waals surface area contributed by atoms with Crippen molar-refractivity contribution in [1.82, 2.24) is 25.3 Å². The van der Waals surface area contributed by atoms with E-state index >= 15 is 0 Å². The third kappa shape index (κ3) is 4.58. The zero-order chi connectivity index (χ0) is 25.9. The normalized spacial score (nSPS) is 11.3. The van der Waals surface area contributed by atoms with Crippen molar-refractivity contribution in [2.24, 2.45) is 5.10 Å². The Labute approximate surface area is 207 Å². The molecule has 0 saturated heterocycles. The number of methoxy groups -OCH3 is 1. The number of rotatable bonds is 8. The van der Waals surface area contributed by atoms with Crippen LogP contribution in [-0.4, -0.2) is 44.0 Å². The Morgan fingerprint density at radius 3 is 2.84 bits per heavy atom. The fourth-order valence-corrected chi connectivity index (χ4v) is 3.68. The van der Waals surface area contributed by atoms with E-state index in [0.29, 0.717) is 22.6 Å². The molecule has 2 aromatic carbocycles. The van der Waals surface area contributed by atoms with Crippen molar-refractivity contribution in [3.05, 3.63) is 70.5 Å². The van der Waals surface area contributed by atoms with Gasteiger partial charge in [-0.05, 0) is 46.7 Å². The molecule has 37 heavy (non-hydrogen) atoms. The van der Waals surface area contributed by atoms with Gasteiger partial charge in [-0.15, -0.1) is 0 Å². The van der Waals surface area contributed by atoms with Gasteiger partial charge in [-0.3, -0.25) is 14.9 Å². The quantitative estimate of drug-likeness (QED) is 0.181. The summed E-state index contributed by atoms with van der Waals surface area (Å²) in [5, 5.41) is 22.7. The fraction of sp³-hybridized carbons (Fsp3) is 0.0870. The molecule has 14 nitrogen and oxygen atoms in total. The minimum Gasteiger partial charge on any atom is -0.497 e. The first-order valence-electron chi connectivity index (χ1n) is 10.7. The number of aromatic nitrogens is 4. The van der Waals surface area contributed by atoms with Crippen LogP contribution in [-0.2, 0) is 11.3 Å². The zero-order valence-electron chi connectivity index (χ0n) is 19.2. The van der Waals surface area contributed by atoms with Crippen molar-refractivity contribution in [3.63, 3.8) is 0 Å². The topological polar surface area (TPSA) is 190 Å². The Kier molecular flexibility index (Phi) is 6.03. The van der Waals surface area contributed by atoms with Gasteiger partial charge >= 0.3 is 0 Å². The molecule has 186 valence electrons. The Bertz CT molecular complexity index is 1650. The summed E-state index contributed by atoms with van der Waals surface area (Å²) in [7, 11) is 1.42. The van der Waals surface area contributed by atoms with E-state index in [9.17, 15) is 14.9 Å². The molecule has 0 unspecified atom stereocenters. The molecular formula is C23H18N8O6. The number of hydrazone groups is 1.